The zero-order valence-corrected chi connectivity index (χ0v) is 15.4. The number of nitrogens with one attached hydrogen (secondary N) is 1. The highest BCUT2D eigenvalue weighted by molar-refractivity contribution is 9.10. The van der Waals surface area contributed by atoms with Crippen LogP contribution >= 0.6 is 15.9 Å². The topological polar surface area (TPSA) is 97.1 Å². The smallest absolute Gasteiger partial charge is 0.348 e. The molecule has 1 N–H and O–H groups in total. The second-order valence-electron chi connectivity index (χ2n) is 5.89. The first-order chi connectivity index (χ1) is 12.1. The lowest BCUT2D eigenvalue weighted by atomic mass is 10.00. The van der Waals surface area contributed by atoms with E-state index in [1.165, 1.54) is 6.33 Å². The Morgan fingerprint density at radius 1 is 1.36 bits per heavy atom. The van der Waals surface area contributed by atoms with E-state index < -0.39 is 4.92 Å². The first-order valence-corrected chi connectivity index (χ1v) is 9.04. The van der Waals surface area contributed by atoms with Crippen molar-refractivity contribution in [1.82, 2.24) is 15.0 Å². The van der Waals surface area contributed by atoms with Gasteiger partial charge in [0.2, 0.25) is 11.6 Å². The van der Waals surface area contributed by atoms with Crippen LogP contribution in [0, 0.1) is 10.1 Å². The highest BCUT2D eigenvalue weighted by Crippen LogP contribution is 2.36. The molecule has 1 saturated heterocycles. The van der Waals surface area contributed by atoms with E-state index in [-0.39, 0.29) is 17.5 Å². The molecular weight excluding hydrogens is 388 g/mol. The van der Waals surface area contributed by atoms with Gasteiger partial charge in [-0.15, -0.1) is 0 Å². The first-order valence-electron chi connectivity index (χ1n) is 8.24. The van der Waals surface area contributed by atoms with Gasteiger partial charge in [-0.05, 0) is 53.7 Å². The molecule has 0 aromatic carbocycles. The van der Waals surface area contributed by atoms with Gasteiger partial charge in [-0.3, -0.25) is 10.1 Å². The number of nitro groups is 1. The predicted octanol–water partition coefficient (Wildman–Crippen LogP) is 4.05. The minimum absolute atomic E-state index is 0.104. The highest BCUT2D eigenvalue weighted by atomic mass is 79.9. The Kier molecular flexibility index (Phi) is 5.42. The summed E-state index contributed by atoms with van der Waals surface area (Å²) in [6, 6.07) is 3.80. The quantitative estimate of drug-likeness (QED) is 0.590. The van der Waals surface area contributed by atoms with Gasteiger partial charge in [0.1, 0.15) is 12.1 Å². The number of piperidine rings is 1. The molecule has 0 saturated carbocycles. The Labute approximate surface area is 154 Å². The van der Waals surface area contributed by atoms with Gasteiger partial charge in [-0.1, -0.05) is 6.92 Å². The van der Waals surface area contributed by atoms with Gasteiger partial charge >= 0.3 is 5.69 Å². The average molecular weight is 407 g/mol. The minimum Gasteiger partial charge on any atom is -0.348 e. The summed E-state index contributed by atoms with van der Waals surface area (Å²) in [6.07, 6.45) is 7.09. The van der Waals surface area contributed by atoms with Gasteiger partial charge in [0.25, 0.3) is 0 Å². The van der Waals surface area contributed by atoms with Crippen LogP contribution in [0.25, 0.3) is 0 Å². The minimum atomic E-state index is -0.419. The monoisotopic (exact) mass is 406 g/mol. The van der Waals surface area contributed by atoms with E-state index in [0.29, 0.717) is 11.6 Å². The van der Waals surface area contributed by atoms with E-state index in [2.05, 4.69) is 43.1 Å². The molecule has 1 aliphatic heterocycles. The lowest BCUT2D eigenvalue weighted by Gasteiger charge is -2.35. The molecule has 0 bridgehead atoms. The Morgan fingerprint density at radius 2 is 2.20 bits per heavy atom. The van der Waals surface area contributed by atoms with Crippen LogP contribution in [0.1, 0.15) is 32.6 Å². The second kappa shape index (κ2) is 7.73. The first kappa shape index (κ1) is 17.5. The molecule has 0 aliphatic carbocycles. The van der Waals surface area contributed by atoms with Crippen molar-refractivity contribution in [2.45, 2.75) is 38.6 Å². The van der Waals surface area contributed by atoms with Crippen molar-refractivity contribution in [1.29, 1.82) is 0 Å². The van der Waals surface area contributed by atoms with Crippen LogP contribution in [0.5, 0.6) is 0 Å². The summed E-state index contributed by atoms with van der Waals surface area (Å²) in [7, 11) is 0. The van der Waals surface area contributed by atoms with Gasteiger partial charge < -0.3 is 10.2 Å². The molecule has 25 heavy (non-hydrogen) atoms. The fourth-order valence-electron chi connectivity index (χ4n) is 3.11. The number of anilines is 3. The van der Waals surface area contributed by atoms with Crippen molar-refractivity contribution in [3.05, 3.63) is 39.2 Å². The van der Waals surface area contributed by atoms with Crippen molar-refractivity contribution in [2.75, 3.05) is 16.8 Å². The lowest BCUT2D eigenvalue weighted by molar-refractivity contribution is -0.383. The summed E-state index contributed by atoms with van der Waals surface area (Å²) in [5, 5.41) is 14.7. The lowest BCUT2D eigenvalue weighted by Crippen LogP contribution is -2.40. The van der Waals surface area contributed by atoms with Crippen LogP contribution in [-0.2, 0) is 0 Å². The second-order valence-corrected chi connectivity index (χ2v) is 6.81. The van der Waals surface area contributed by atoms with Crippen LogP contribution in [0.2, 0.25) is 0 Å². The Morgan fingerprint density at radius 3 is 2.88 bits per heavy atom. The fraction of sp³-hybridized carbons (Fsp3) is 0.438. The molecular formula is C16H19BrN6O2. The van der Waals surface area contributed by atoms with Gasteiger partial charge in [0.15, 0.2) is 0 Å². The van der Waals surface area contributed by atoms with Gasteiger partial charge in [-0.2, -0.15) is 0 Å². The molecule has 0 amide bonds. The number of hydrogen-bond donors (Lipinski definition) is 1. The van der Waals surface area contributed by atoms with Crippen molar-refractivity contribution in [3.8, 4) is 0 Å². The molecule has 2 aromatic rings. The highest BCUT2D eigenvalue weighted by Gasteiger charge is 2.31. The summed E-state index contributed by atoms with van der Waals surface area (Å²) in [5.41, 5.74) is -0.104. The molecule has 3 rings (SSSR count). The number of rotatable bonds is 5. The van der Waals surface area contributed by atoms with Crippen LogP contribution in [-0.4, -0.2) is 32.5 Å². The molecule has 8 nitrogen and oxygen atoms in total. The third-order valence-electron chi connectivity index (χ3n) is 4.33. The van der Waals surface area contributed by atoms with Crippen molar-refractivity contribution < 1.29 is 4.92 Å². The average Bonchev–Trinajstić information content (AvgIpc) is 2.63. The molecule has 2 aromatic heterocycles. The third kappa shape index (κ3) is 3.87. The van der Waals surface area contributed by atoms with Crippen LogP contribution in [0.15, 0.2) is 29.1 Å². The Bertz CT molecular complexity index is 755. The van der Waals surface area contributed by atoms with Gasteiger partial charge in [0.05, 0.1) is 4.92 Å². The van der Waals surface area contributed by atoms with Crippen LogP contribution < -0.4 is 10.2 Å². The summed E-state index contributed by atoms with van der Waals surface area (Å²) < 4.78 is 0.829. The number of aromatic nitrogens is 3. The number of hydrogen-bond acceptors (Lipinski definition) is 7. The van der Waals surface area contributed by atoms with Gasteiger partial charge in [-0.25, -0.2) is 15.0 Å². The van der Waals surface area contributed by atoms with Gasteiger partial charge in [0, 0.05) is 23.3 Å². The molecule has 0 radical (unpaired) electrons. The Balaban J connectivity index is 1.99. The predicted molar refractivity (Wildman–Crippen MR) is 99.2 cm³/mol. The molecule has 1 atom stereocenters. The number of halogens is 1. The van der Waals surface area contributed by atoms with E-state index in [1.54, 1.807) is 18.3 Å². The largest absolute Gasteiger partial charge is 0.353 e. The van der Waals surface area contributed by atoms with Crippen LogP contribution in [0.4, 0.5) is 23.1 Å². The normalized spacial score (nSPS) is 17.4. The molecule has 132 valence electrons. The number of nitrogens with zero attached hydrogens (tertiary/aromatic N) is 5. The zero-order valence-electron chi connectivity index (χ0n) is 13.9. The van der Waals surface area contributed by atoms with E-state index >= 15 is 0 Å². The number of pyridine rings is 1. The Hall–Kier alpha value is -2.29. The molecule has 1 unspecified atom stereocenters. The van der Waals surface area contributed by atoms with Crippen molar-refractivity contribution in [3.63, 3.8) is 0 Å². The van der Waals surface area contributed by atoms with E-state index in [0.717, 1.165) is 36.7 Å². The summed E-state index contributed by atoms with van der Waals surface area (Å²) in [5.74, 6) is 1.03. The molecule has 9 heteroatoms. The SMILES string of the molecule is CCC1CCCCN1c1ncnc(Nc2ccc(Br)cn2)c1[N+](=O)[O-]. The van der Waals surface area contributed by atoms with Crippen molar-refractivity contribution >= 4 is 39.1 Å². The fourth-order valence-corrected chi connectivity index (χ4v) is 3.35. The maximum Gasteiger partial charge on any atom is 0.353 e. The zero-order chi connectivity index (χ0) is 17.8. The third-order valence-corrected chi connectivity index (χ3v) is 4.80. The maximum absolute atomic E-state index is 11.8. The van der Waals surface area contributed by atoms with E-state index in [9.17, 15) is 10.1 Å². The molecule has 1 fully saturated rings. The van der Waals surface area contributed by atoms with Crippen molar-refractivity contribution in [2.24, 2.45) is 0 Å². The van der Waals surface area contributed by atoms with E-state index in [4.69, 9.17) is 0 Å². The molecule has 3 heterocycles. The molecule has 1 aliphatic rings. The van der Waals surface area contributed by atoms with E-state index in [1.807, 2.05) is 4.90 Å². The summed E-state index contributed by atoms with van der Waals surface area (Å²) in [6.45, 7) is 2.87. The summed E-state index contributed by atoms with van der Waals surface area (Å²) >= 11 is 3.32. The summed E-state index contributed by atoms with van der Waals surface area (Å²) in [4.78, 5) is 25.9. The maximum atomic E-state index is 11.8. The molecule has 0 spiro atoms. The standard InChI is InChI=1S/C16H19BrN6O2/c1-2-12-5-3-4-8-22(12)16-14(23(24)25)15(19-10-20-16)21-13-7-6-11(17)9-18-13/h6-7,9-10,12H,2-5,8H2,1H3,(H,18,19,20,21). The van der Waals surface area contributed by atoms with Crippen LogP contribution in [0.3, 0.4) is 0 Å².